The summed E-state index contributed by atoms with van der Waals surface area (Å²) in [6, 6.07) is 14.2. The Morgan fingerprint density at radius 3 is 2.59 bits per heavy atom. The van der Waals surface area contributed by atoms with Crippen LogP contribution in [-0.2, 0) is 0 Å². The predicted molar refractivity (Wildman–Crippen MR) is 101 cm³/mol. The molecule has 0 bridgehead atoms. The number of furan rings is 1. The number of benzene rings is 2. The molecule has 2 aromatic carbocycles. The van der Waals surface area contributed by atoms with Gasteiger partial charge in [-0.1, -0.05) is 30.3 Å². The van der Waals surface area contributed by atoms with Gasteiger partial charge in [-0.3, -0.25) is 14.6 Å². The molecule has 0 radical (unpaired) electrons. The van der Waals surface area contributed by atoms with E-state index in [0.29, 0.717) is 22.6 Å². The number of nitrogens with one attached hydrogen (secondary N) is 1. The zero-order valence-corrected chi connectivity index (χ0v) is 14.5. The van der Waals surface area contributed by atoms with Gasteiger partial charge < -0.3 is 9.73 Å². The summed E-state index contributed by atoms with van der Waals surface area (Å²) in [5, 5.41) is 3.55. The van der Waals surface area contributed by atoms with Gasteiger partial charge in [0.2, 0.25) is 5.78 Å². The molecular formula is C21H15N3O3. The fourth-order valence-electron chi connectivity index (χ4n) is 2.85. The maximum Gasteiger partial charge on any atom is 0.275 e. The molecule has 0 fully saturated rings. The average molecular weight is 357 g/mol. The minimum absolute atomic E-state index is 0.172. The van der Waals surface area contributed by atoms with Crippen LogP contribution in [0.15, 0.2) is 71.5 Å². The van der Waals surface area contributed by atoms with Gasteiger partial charge in [-0.2, -0.15) is 0 Å². The monoisotopic (exact) mass is 357 g/mol. The van der Waals surface area contributed by atoms with E-state index < -0.39 is 0 Å². The largest absolute Gasteiger partial charge is 0.452 e. The van der Waals surface area contributed by atoms with Crippen LogP contribution in [-0.4, -0.2) is 21.7 Å². The molecule has 0 aliphatic heterocycles. The normalized spacial score (nSPS) is 10.7. The zero-order chi connectivity index (χ0) is 18.8. The summed E-state index contributed by atoms with van der Waals surface area (Å²) >= 11 is 0. The van der Waals surface area contributed by atoms with Crippen LogP contribution in [0.3, 0.4) is 0 Å². The van der Waals surface area contributed by atoms with Crippen molar-refractivity contribution in [2.45, 2.75) is 6.92 Å². The maximum absolute atomic E-state index is 12.7. The highest BCUT2D eigenvalue weighted by molar-refractivity contribution is 6.11. The molecule has 4 aromatic rings. The van der Waals surface area contributed by atoms with E-state index in [2.05, 4.69) is 15.3 Å². The summed E-state index contributed by atoms with van der Waals surface area (Å²) in [5.41, 5.74) is 2.69. The topological polar surface area (TPSA) is 85.1 Å². The molecule has 2 aromatic heterocycles. The zero-order valence-electron chi connectivity index (χ0n) is 14.5. The highest BCUT2D eigenvalue weighted by Gasteiger charge is 2.19. The molecular weight excluding hydrogens is 342 g/mol. The van der Waals surface area contributed by atoms with Crippen molar-refractivity contribution in [2.24, 2.45) is 0 Å². The van der Waals surface area contributed by atoms with Crippen LogP contribution >= 0.6 is 0 Å². The van der Waals surface area contributed by atoms with Crippen molar-refractivity contribution in [3.05, 3.63) is 89.7 Å². The van der Waals surface area contributed by atoms with Crippen LogP contribution in [0, 0.1) is 6.92 Å². The van der Waals surface area contributed by atoms with Gasteiger partial charge in [-0.15, -0.1) is 0 Å². The van der Waals surface area contributed by atoms with Crippen LogP contribution in [0.2, 0.25) is 0 Å². The number of carbonyl (C=O) groups excluding carboxylic acids is 2. The molecule has 0 unspecified atom stereocenters. The molecule has 0 saturated carbocycles. The van der Waals surface area contributed by atoms with E-state index in [4.69, 9.17) is 4.42 Å². The lowest BCUT2D eigenvalue weighted by molar-refractivity contribution is 0.101. The molecule has 4 rings (SSSR count). The van der Waals surface area contributed by atoms with E-state index in [1.165, 1.54) is 18.6 Å². The molecule has 27 heavy (non-hydrogen) atoms. The molecule has 6 heteroatoms. The number of carbonyl (C=O) groups is 2. The molecule has 2 heterocycles. The van der Waals surface area contributed by atoms with Gasteiger partial charge in [0, 0.05) is 34.6 Å². The Balaban J connectivity index is 1.66. The van der Waals surface area contributed by atoms with E-state index in [0.717, 1.165) is 10.9 Å². The Kier molecular flexibility index (Phi) is 4.22. The number of ketones is 1. The summed E-state index contributed by atoms with van der Waals surface area (Å²) in [7, 11) is 0. The second-order valence-corrected chi connectivity index (χ2v) is 6.01. The molecule has 0 aliphatic carbocycles. The molecule has 1 amide bonds. The summed E-state index contributed by atoms with van der Waals surface area (Å²) in [6.45, 7) is 1.83. The number of nitrogens with zero attached hydrogens (tertiary/aromatic N) is 2. The van der Waals surface area contributed by atoms with Crippen LogP contribution in [0.5, 0.6) is 0 Å². The number of hydrogen-bond acceptors (Lipinski definition) is 5. The standard InChI is InChI=1S/C21H15N3O3/c1-13-16-11-15(24-21(26)17-12-22-9-10-23-17)7-8-18(16)27-20(13)19(25)14-5-3-2-4-6-14/h2-12H,1H3,(H,24,26). The van der Waals surface area contributed by atoms with Crippen molar-refractivity contribution in [1.82, 2.24) is 9.97 Å². The molecule has 1 N–H and O–H groups in total. The first-order valence-corrected chi connectivity index (χ1v) is 8.34. The number of anilines is 1. The summed E-state index contributed by atoms with van der Waals surface area (Å²) in [6.07, 6.45) is 4.36. The van der Waals surface area contributed by atoms with E-state index in [1.807, 2.05) is 25.1 Å². The number of rotatable bonds is 4. The third-order valence-electron chi connectivity index (χ3n) is 4.23. The summed E-state index contributed by atoms with van der Waals surface area (Å²) in [5.74, 6) is -0.229. The predicted octanol–water partition coefficient (Wildman–Crippen LogP) is 4.01. The van der Waals surface area contributed by atoms with Crippen LogP contribution < -0.4 is 5.32 Å². The smallest absolute Gasteiger partial charge is 0.275 e. The molecule has 0 saturated heterocycles. The third-order valence-corrected chi connectivity index (χ3v) is 4.23. The van der Waals surface area contributed by atoms with Gasteiger partial charge in [0.15, 0.2) is 5.76 Å². The highest BCUT2D eigenvalue weighted by Crippen LogP contribution is 2.29. The highest BCUT2D eigenvalue weighted by atomic mass is 16.3. The fourth-order valence-corrected chi connectivity index (χ4v) is 2.85. The number of amides is 1. The van der Waals surface area contributed by atoms with Crippen molar-refractivity contribution in [3.63, 3.8) is 0 Å². The Labute approximate surface area is 154 Å². The quantitative estimate of drug-likeness (QED) is 0.558. The molecule has 132 valence electrons. The third kappa shape index (κ3) is 3.20. The maximum atomic E-state index is 12.7. The lowest BCUT2D eigenvalue weighted by Gasteiger charge is -2.04. The summed E-state index contributed by atoms with van der Waals surface area (Å²) < 4.78 is 5.78. The van der Waals surface area contributed by atoms with E-state index >= 15 is 0 Å². The molecule has 0 spiro atoms. The van der Waals surface area contributed by atoms with Crippen molar-refractivity contribution < 1.29 is 14.0 Å². The molecule has 0 atom stereocenters. The average Bonchev–Trinajstić information content (AvgIpc) is 3.05. The Morgan fingerprint density at radius 2 is 1.85 bits per heavy atom. The van der Waals surface area contributed by atoms with Crippen LogP contribution in [0.4, 0.5) is 5.69 Å². The lowest BCUT2D eigenvalue weighted by atomic mass is 10.0. The Morgan fingerprint density at radius 1 is 1.04 bits per heavy atom. The summed E-state index contributed by atoms with van der Waals surface area (Å²) in [4.78, 5) is 32.8. The second-order valence-electron chi connectivity index (χ2n) is 6.01. The SMILES string of the molecule is Cc1c(C(=O)c2ccccc2)oc2ccc(NC(=O)c3cnccn3)cc12. The first-order chi connectivity index (χ1) is 13.1. The van der Waals surface area contributed by atoms with Gasteiger partial charge >= 0.3 is 0 Å². The van der Waals surface area contributed by atoms with Gasteiger partial charge in [0.1, 0.15) is 11.3 Å². The van der Waals surface area contributed by atoms with Crippen molar-refractivity contribution in [2.75, 3.05) is 5.32 Å². The van der Waals surface area contributed by atoms with Gasteiger partial charge in [0.05, 0.1) is 6.20 Å². The number of aromatic nitrogens is 2. The number of aryl methyl sites for hydroxylation is 1. The molecule has 6 nitrogen and oxygen atoms in total. The number of fused-ring (bicyclic) bond motifs is 1. The van der Waals surface area contributed by atoms with Crippen molar-refractivity contribution in [1.29, 1.82) is 0 Å². The Bertz CT molecular complexity index is 1140. The first-order valence-electron chi connectivity index (χ1n) is 8.34. The minimum atomic E-state index is -0.357. The Hall–Kier alpha value is -3.80. The fraction of sp³-hybridized carbons (Fsp3) is 0.0476. The van der Waals surface area contributed by atoms with E-state index in [1.54, 1.807) is 30.3 Å². The van der Waals surface area contributed by atoms with Crippen LogP contribution in [0.1, 0.15) is 32.2 Å². The van der Waals surface area contributed by atoms with Gasteiger partial charge in [-0.25, -0.2) is 4.98 Å². The van der Waals surface area contributed by atoms with E-state index in [9.17, 15) is 9.59 Å². The lowest BCUT2D eigenvalue weighted by Crippen LogP contribution is -2.13. The van der Waals surface area contributed by atoms with Crippen molar-refractivity contribution >= 4 is 28.3 Å². The second kappa shape index (κ2) is 6.84. The first kappa shape index (κ1) is 16.7. The number of hydrogen-bond donors (Lipinski definition) is 1. The molecule has 0 aliphatic rings. The van der Waals surface area contributed by atoms with Gasteiger partial charge in [-0.05, 0) is 25.1 Å². The minimum Gasteiger partial charge on any atom is -0.452 e. The van der Waals surface area contributed by atoms with Gasteiger partial charge in [0.25, 0.3) is 5.91 Å². The van der Waals surface area contributed by atoms with E-state index in [-0.39, 0.29) is 17.4 Å². The van der Waals surface area contributed by atoms with Crippen LogP contribution in [0.25, 0.3) is 11.0 Å². The van der Waals surface area contributed by atoms with Crippen molar-refractivity contribution in [3.8, 4) is 0 Å².